The second kappa shape index (κ2) is 9.33. The van der Waals surface area contributed by atoms with Crippen LogP contribution in [0.2, 0.25) is 0 Å². The average Bonchev–Trinajstić information content (AvgIpc) is 2.67. The second-order valence-corrected chi connectivity index (χ2v) is 6.47. The minimum Gasteiger partial charge on any atom is -0.467 e. The van der Waals surface area contributed by atoms with Gasteiger partial charge in [0.05, 0.1) is 12.7 Å². The van der Waals surface area contributed by atoms with E-state index in [4.69, 9.17) is 4.74 Å². The van der Waals surface area contributed by atoms with Crippen molar-refractivity contribution in [3.8, 4) is 0 Å². The van der Waals surface area contributed by atoms with E-state index in [0.29, 0.717) is 11.1 Å². The van der Waals surface area contributed by atoms with Gasteiger partial charge in [-0.05, 0) is 43.7 Å². The lowest BCUT2D eigenvalue weighted by atomic mass is 10.1. The highest BCUT2D eigenvalue weighted by Gasteiger charge is 2.24. The minimum absolute atomic E-state index is 0.381. The third kappa shape index (κ3) is 4.82. The van der Waals surface area contributed by atoms with E-state index in [1.807, 2.05) is 13.8 Å². The zero-order chi connectivity index (χ0) is 19.1. The Balaban J connectivity index is 2.18. The number of hydrogen-bond acceptors (Lipinski definition) is 5. The van der Waals surface area contributed by atoms with Crippen LogP contribution in [0.5, 0.6) is 0 Å². The molecule has 2 aromatic rings. The first-order valence-electron chi connectivity index (χ1n) is 8.35. The zero-order valence-corrected chi connectivity index (χ0v) is 16.6. The molecule has 0 bridgehead atoms. The van der Waals surface area contributed by atoms with Crippen LogP contribution in [0.4, 0.5) is 5.82 Å². The number of ether oxygens (including phenoxy) is 1. The van der Waals surface area contributed by atoms with Crippen molar-refractivity contribution in [2.45, 2.75) is 19.9 Å². The van der Waals surface area contributed by atoms with Gasteiger partial charge in [0.1, 0.15) is 5.82 Å². The Morgan fingerprint density at radius 3 is 2.31 bits per heavy atom. The molecule has 2 rings (SSSR count). The molecule has 0 saturated carbocycles. The highest BCUT2D eigenvalue weighted by atomic mass is 79.9. The predicted octanol–water partition coefficient (Wildman–Crippen LogP) is 3.33. The Morgan fingerprint density at radius 1 is 1.15 bits per heavy atom. The summed E-state index contributed by atoms with van der Waals surface area (Å²) in [6.07, 6.45) is 1.51. The summed E-state index contributed by atoms with van der Waals surface area (Å²) in [5, 5.41) is 2.71. The molecule has 0 aliphatic rings. The molecular formula is C19H22BrN3O3. The number of carbonyl (C=O) groups excluding carboxylic acids is 2. The van der Waals surface area contributed by atoms with Crippen LogP contribution in [0.15, 0.2) is 47.1 Å². The molecule has 1 unspecified atom stereocenters. The third-order valence-electron chi connectivity index (χ3n) is 4.01. The lowest BCUT2D eigenvalue weighted by Gasteiger charge is -2.20. The Hall–Kier alpha value is -2.41. The molecule has 7 heteroatoms. The molecule has 1 aromatic carbocycles. The lowest BCUT2D eigenvalue weighted by Crippen LogP contribution is -2.34. The maximum Gasteiger partial charge on any atom is 0.333 e. The smallest absolute Gasteiger partial charge is 0.333 e. The standard InChI is InChI=1S/C19H22BrN3O3/c1-4-23(5-2)16-11-8-14(12-21-16)18(24)22-17(19(25)26-3)13-6-9-15(20)10-7-13/h6-12,17H,4-5H2,1-3H3,(H,22,24). The van der Waals surface area contributed by atoms with Gasteiger partial charge in [-0.1, -0.05) is 28.1 Å². The van der Waals surface area contributed by atoms with Crippen molar-refractivity contribution in [3.05, 3.63) is 58.2 Å². The molecule has 0 aliphatic heterocycles. The molecule has 1 heterocycles. The quantitative estimate of drug-likeness (QED) is 0.696. The highest BCUT2D eigenvalue weighted by molar-refractivity contribution is 9.10. The number of pyridine rings is 1. The molecule has 1 aromatic heterocycles. The minimum atomic E-state index is -0.886. The van der Waals surface area contributed by atoms with Crippen LogP contribution >= 0.6 is 15.9 Å². The number of aromatic nitrogens is 1. The number of anilines is 1. The van der Waals surface area contributed by atoms with Crippen LogP contribution in [0, 0.1) is 0 Å². The van der Waals surface area contributed by atoms with Crippen LogP contribution in [0.3, 0.4) is 0 Å². The molecule has 138 valence electrons. The number of benzene rings is 1. The van der Waals surface area contributed by atoms with E-state index in [1.54, 1.807) is 36.4 Å². The van der Waals surface area contributed by atoms with E-state index >= 15 is 0 Å². The summed E-state index contributed by atoms with van der Waals surface area (Å²) in [6.45, 7) is 5.77. The summed E-state index contributed by atoms with van der Waals surface area (Å²) in [7, 11) is 1.29. The maximum absolute atomic E-state index is 12.6. The summed E-state index contributed by atoms with van der Waals surface area (Å²) < 4.78 is 5.71. The number of rotatable bonds is 7. The molecule has 0 fully saturated rings. The summed E-state index contributed by atoms with van der Waals surface area (Å²) in [4.78, 5) is 31.1. The Morgan fingerprint density at radius 2 is 1.81 bits per heavy atom. The van der Waals surface area contributed by atoms with Gasteiger partial charge in [0, 0.05) is 23.8 Å². The van der Waals surface area contributed by atoms with E-state index in [9.17, 15) is 9.59 Å². The van der Waals surface area contributed by atoms with Crippen molar-refractivity contribution in [1.29, 1.82) is 0 Å². The first-order valence-corrected chi connectivity index (χ1v) is 9.14. The number of esters is 1. The third-order valence-corrected chi connectivity index (χ3v) is 4.54. The SMILES string of the molecule is CCN(CC)c1ccc(C(=O)NC(C(=O)OC)c2ccc(Br)cc2)cn1. The van der Waals surface area contributed by atoms with Gasteiger partial charge in [0.15, 0.2) is 6.04 Å². The molecular weight excluding hydrogens is 398 g/mol. The van der Waals surface area contributed by atoms with Gasteiger partial charge in [-0.3, -0.25) is 4.79 Å². The molecule has 1 amide bonds. The molecule has 0 radical (unpaired) electrons. The zero-order valence-electron chi connectivity index (χ0n) is 15.0. The molecule has 0 aliphatic carbocycles. The van der Waals surface area contributed by atoms with Crippen molar-refractivity contribution in [2.24, 2.45) is 0 Å². The number of nitrogens with zero attached hydrogens (tertiary/aromatic N) is 2. The van der Waals surface area contributed by atoms with Gasteiger partial charge in [-0.15, -0.1) is 0 Å². The Labute approximate surface area is 161 Å². The second-order valence-electron chi connectivity index (χ2n) is 5.56. The molecule has 0 saturated heterocycles. The summed E-state index contributed by atoms with van der Waals surface area (Å²) >= 11 is 3.35. The Bertz CT molecular complexity index is 744. The van der Waals surface area contributed by atoms with Gasteiger partial charge in [0.2, 0.25) is 0 Å². The molecule has 6 nitrogen and oxygen atoms in total. The summed E-state index contributed by atoms with van der Waals surface area (Å²) in [5.41, 5.74) is 1.02. The van der Waals surface area contributed by atoms with E-state index in [-0.39, 0.29) is 5.91 Å². The fourth-order valence-electron chi connectivity index (χ4n) is 2.52. The number of carbonyl (C=O) groups is 2. The number of amides is 1. The van der Waals surface area contributed by atoms with Gasteiger partial charge in [-0.25, -0.2) is 9.78 Å². The predicted molar refractivity (Wildman–Crippen MR) is 104 cm³/mol. The number of methoxy groups -OCH3 is 1. The topological polar surface area (TPSA) is 71.5 Å². The lowest BCUT2D eigenvalue weighted by molar-refractivity contribution is -0.143. The van der Waals surface area contributed by atoms with Gasteiger partial charge < -0.3 is 15.0 Å². The van der Waals surface area contributed by atoms with Crippen molar-refractivity contribution < 1.29 is 14.3 Å². The van der Waals surface area contributed by atoms with Gasteiger partial charge in [-0.2, -0.15) is 0 Å². The molecule has 0 spiro atoms. The van der Waals surface area contributed by atoms with E-state index in [1.165, 1.54) is 13.3 Å². The fourth-order valence-corrected chi connectivity index (χ4v) is 2.79. The van der Waals surface area contributed by atoms with Crippen LogP contribution < -0.4 is 10.2 Å². The summed E-state index contributed by atoms with van der Waals surface area (Å²) in [6, 6.07) is 9.74. The maximum atomic E-state index is 12.6. The van der Waals surface area contributed by atoms with Crippen molar-refractivity contribution in [3.63, 3.8) is 0 Å². The first kappa shape index (κ1) is 19.9. The van der Waals surface area contributed by atoms with E-state index < -0.39 is 12.0 Å². The molecule has 1 N–H and O–H groups in total. The van der Waals surface area contributed by atoms with Crippen molar-refractivity contribution in [2.75, 3.05) is 25.1 Å². The van der Waals surface area contributed by atoms with Crippen molar-refractivity contribution in [1.82, 2.24) is 10.3 Å². The molecule has 1 atom stereocenters. The number of nitrogens with one attached hydrogen (secondary N) is 1. The Kier molecular flexibility index (Phi) is 7.15. The van der Waals surface area contributed by atoms with Crippen LogP contribution in [0.1, 0.15) is 35.8 Å². The summed E-state index contributed by atoms with van der Waals surface area (Å²) in [5.74, 6) is -0.112. The van der Waals surface area contributed by atoms with Gasteiger partial charge >= 0.3 is 5.97 Å². The number of hydrogen-bond donors (Lipinski definition) is 1. The molecule has 26 heavy (non-hydrogen) atoms. The first-order chi connectivity index (χ1) is 12.5. The fraction of sp³-hybridized carbons (Fsp3) is 0.316. The van der Waals surface area contributed by atoms with Crippen LogP contribution in [-0.4, -0.2) is 37.1 Å². The van der Waals surface area contributed by atoms with Crippen LogP contribution in [0.25, 0.3) is 0 Å². The normalized spacial score (nSPS) is 11.5. The van der Waals surface area contributed by atoms with E-state index in [0.717, 1.165) is 23.4 Å². The van der Waals surface area contributed by atoms with Crippen molar-refractivity contribution >= 4 is 33.6 Å². The van der Waals surface area contributed by atoms with E-state index in [2.05, 4.69) is 31.1 Å². The largest absolute Gasteiger partial charge is 0.467 e. The number of halogens is 1. The highest BCUT2D eigenvalue weighted by Crippen LogP contribution is 2.19. The van der Waals surface area contributed by atoms with Crippen LogP contribution in [-0.2, 0) is 9.53 Å². The monoisotopic (exact) mass is 419 g/mol. The van der Waals surface area contributed by atoms with Gasteiger partial charge in [0.25, 0.3) is 5.91 Å². The average molecular weight is 420 g/mol.